The van der Waals surface area contributed by atoms with Crippen LogP contribution < -0.4 is 0 Å². The van der Waals surface area contributed by atoms with Gasteiger partial charge < -0.3 is 10.2 Å². The minimum atomic E-state index is 0.189. The van der Waals surface area contributed by atoms with Gasteiger partial charge in [0.15, 0.2) is 0 Å². The summed E-state index contributed by atoms with van der Waals surface area (Å²) in [5.74, 6) is 0.511. The highest BCUT2D eigenvalue weighted by atomic mass is 16.3. The van der Waals surface area contributed by atoms with Gasteiger partial charge in [0.25, 0.3) is 0 Å². The van der Waals surface area contributed by atoms with Gasteiger partial charge in [-0.1, -0.05) is 18.2 Å². The van der Waals surface area contributed by atoms with E-state index in [0.717, 1.165) is 0 Å². The molecule has 0 aliphatic heterocycles. The number of aromatic hydroxyl groups is 2. The van der Waals surface area contributed by atoms with Gasteiger partial charge in [-0.05, 0) is 36.4 Å². The molecule has 0 amide bonds. The molecule has 0 aromatic heterocycles. The maximum absolute atomic E-state index is 8.74. The van der Waals surface area contributed by atoms with Crippen LogP contribution in [0.2, 0.25) is 0 Å². The van der Waals surface area contributed by atoms with Crippen LogP contribution in [0.5, 0.6) is 11.5 Å². The standard InChI is InChI=1S/C7H5NO.C6H6O/c8-5-6-1-3-7(9)4-2-6;7-6-4-2-1-3-5-6/h1-4,9H;1-5,7H. The first-order valence-corrected chi connectivity index (χ1v) is 4.65. The Bertz CT molecular complexity index is 458. The summed E-state index contributed by atoms with van der Waals surface area (Å²) in [6, 6.07) is 16.8. The number of para-hydroxylation sites is 1. The van der Waals surface area contributed by atoms with Crippen LogP contribution in [-0.4, -0.2) is 10.2 Å². The van der Waals surface area contributed by atoms with Crippen LogP contribution >= 0.6 is 0 Å². The van der Waals surface area contributed by atoms with Crippen LogP contribution in [0.1, 0.15) is 5.56 Å². The van der Waals surface area contributed by atoms with Gasteiger partial charge in [0, 0.05) is 0 Å². The summed E-state index contributed by atoms with van der Waals surface area (Å²) in [4.78, 5) is 0. The van der Waals surface area contributed by atoms with E-state index in [1.165, 1.54) is 12.1 Å². The molecule has 0 bridgehead atoms. The molecule has 2 rings (SSSR count). The molecule has 0 unspecified atom stereocenters. The van der Waals surface area contributed by atoms with Gasteiger partial charge >= 0.3 is 0 Å². The van der Waals surface area contributed by atoms with Crippen molar-refractivity contribution in [2.24, 2.45) is 0 Å². The average Bonchev–Trinajstić information content (AvgIpc) is 2.32. The second-order valence-electron chi connectivity index (χ2n) is 2.99. The van der Waals surface area contributed by atoms with Crippen molar-refractivity contribution in [1.29, 1.82) is 5.26 Å². The number of phenolic OH excluding ortho intramolecular Hbond substituents is 2. The highest BCUT2D eigenvalue weighted by Gasteiger charge is 1.86. The summed E-state index contributed by atoms with van der Waals surface area (Å²) in [5, 5.41) is 25.7. The van der Waals surface area contributed by atoms with E-state index in [9.17, 15) is 0 Å². The lowest BCUT2D eigenvalue weighted by molar-refractivity contribution is 0.475. The molecule has 0 saturated carbocycles. The van der Waals surface area contributed by atoms with E-state index >= 15 is 0 Å². The van der Waals surface area contributed by atoms with Crippen LogP contribution in [0.4, 0.5) is 0 Å². The maximum atomic E-state index is 8.74. The van der Waals surface area contributed by atoms with Gasteiger partial charge in [0.1, 0.15) is 11.5 Å². The van der Waals surface area contributed by atoms with E-state index in [4.69, 9.17) is 15.5 Å². The fourth-order valence-corrected chi connectivity index (χ4v) is 0.964. The molecular weight excluding hydrogens is 202 g/mol. The molecular formula is C13H11NO2. The highest BCUT2D eigenvalue weighted by Crippen LogP contribution is 2.07. The monoisotopic (exact) mass is 213 g/mol. The van der Waals surface area contributed by atoms with Crippen molar-refractivity contribution in [1.82, 2.24) is 0 Å². The zero-order chi connectivity index (χ0) is 11.8. The molecule has 0 aliphatic rings. The first-order valence-electron chi connectivity index (χ1n) is 4.65. The lowest BCUT2D eigenvalue weighted by Gasteiger charge is -1.87. The van der Waals surface area contributed by atoms with E-state index in [1.54, 1.807) is 36.4 Å². The van der Waals surface area contributed by atoms with Crippen molar-refractivity contribution < 1.29 is 10.2 Å². The third-order valence-electron chi connectivity index (χ3n) is 1.75. The molecule has 0 radical (unpaired) electrons. The number of benzene rings is 2. The number of nitriles is 1. The molecule has 2 aromatic carbocycles. The number of hydrogen-bond acceptors (Lipinski definition) is 3. The largest absolute Gasteiger partial charge is 0.508 e. The Morgan fingerprint density at radius 1 is 0.750 bits per heavy atom. The predicted octanol–water partition coefficient (Wildman–Crippen LogP) is 2.66. The Morgan fingerprint density at radius 3 is 1.62 bits per heavy atom. The van der Waals surface area contributed by atoms with Gasteiger partial charge in [-0.3, -0.25) is 0 Å². The van der Waals surface area contributed by atoms with Crippen LogP contribution in [0, 0.1) is 11.3 Å². The minimum absolute atomic E-state index is 0.189. The summed E-state index contributed by atoms with van der Waals surface area (Å²) in [6.45, 7) is 0. The normalized spacial score (nSPS) is 8.44. The fourth-order valence-electron chi connectivity index (χ4n) is 0.964. The summed E-state index contributed by atoms with van der Waals surface area (Å²) >= 11 is 0. The zero-order valence-corrected chi connectivity index (χ0v) is 8.54. The lowest BCUT2D eigenvalue weighted by Crippen LogP contribution is -1.69. The van der Waals surface area contributed by atoms with Crippen molar-refractivity contribution in [2.75, 3.05) is 0 Å². The number of rotatable bonds is 0. The molecule has 0 atom stereocenters. The smallest absolute Gasteiger partial charge is 0.115 e. The van der Waals surface area contributed by atoms with E-state index in [1.807, 2.05) is 12.1 Å². The van der Waals surface area contributed by atoms with Crippen molar-refractivity contribution >= 4 is 0 Å². The Morgan fingerprint density at radius 2 is 1.25 bits per heavy atom. The highest BCUT2D eigenvalue weighted by molar-refractivity contribution is 5.33. The first-order chi connectivity index (χ1) is 7.72. The van der Waals surface area contributed by atoms with Gasteiger partial charge in [0.2, 0.25) is 0 Å². The van der Waals surface area contributed by atoms with Crippen LogP contribution in [0.15, 0.2) is 54.6 Å². The molecule has 80 valence electrons. The number of phenols is 2. The SMILES string of the molecule is N#Cc1ccc(O)cc1.Oc1ccccc1. The minimum Gasteiger partial charge on any atom is -0.508 e. The topological polar surface area (TPSA) is 64.2 Å². The second kappa shape index (κ2) is 6.10. The van der Waals surface area contributed by atoms with E-state index in [2.05, 4.69) is 0 Å². The molecule has 0 saturated heterocycles. The van der Waals surface area contributed by atoms with Gasteiger partial charge in [-0.25, -0.2) is 0 Å². The van der Waals surface area contributed by atoms with Crippen LogP contribution in [-0.2, 0) is 0 Å². The van der Waals surface area contributed by atoms with Gasteiger partial charge in [0.05, 0.1) is 11.6 Å². The Labute approximate surface area is 93.8 Å². The predicted molar refractivity (Wildman–Crippen MR) is 60.9 cm³/mol. The first kappa shape index (κ1) is 11.6. The number of hydrogen-bond donors (Lipinski definition) is 2. The summed E-state index contributed by atoms with van der Waals surface area (Å²) < 4.78 is 0. The van der Waals surface area contributed by atoms with Crippen molar-refractivity contribution in [3.63, 3.8) is 0 Å². The van der Waals surface area contributed by atoms with E-state index in [-0.39, 0.29) is 5.75 Å². The van der Waals surface area contributed by atoms with E-state index < -0.39 is 0 Å². The quantitative estimate of drug-likeness (QED) is 0.707. The molecule has 0 spiro atoms. The second-order valence-corrected chi connectivity index (χ2v) is 2.99. The zero-order valence-electron chi connectivity index (χ0n) is 8.54. The van der Waals surface area contributed by atoms with E-state index in [0.29, 0.717) is 11.3 Å². The average molecular weight is 213 g/mol. The molecule has 3 heteroatoms. The van der Waals surface area contributed by atoms with Gasteiger partial charge in [-0.15, -0.1) is 0 Å². The van der Waals surface area contributed by atoms with Crippen molar-refractivity contribution in [3.8, 4) is 17.6 Å². The van der Waals surface area contributed by atoms with Crippen molar-refractivity contribution in [3.05, 3.63) is 60.2 Å². The maximum Gasteiger partial charge on any atom is 0.115 e. The third-order valence-corrected chi connectivity index (χ3v) is 1.75. The molecule has 2 N–H and O–H groups in total. The Kier molecular flexibility index (Phi) is 4.42. The number of nitrogens with zero attached hydrogens (tertiary/aromatic N) is 1. The molecule has 3 nitrogen and oxygen atoms in total. The molecule has 0 fully saturated rings. The molecule has 0 heterocycles. The summed E-state index contributed by atoms with van der Waals surface area (Å²) in [6.07, 6.45) is 0. The Balaban J connectivity index is 0.000000165. The molecule has 0 aliphatic carbocycles. The summed E-state index contributed by atoms with van der Waals surface area (Å²) in [7, 11) is 0. The van der Waals surface area contributed by atoms with Crippen molar-refractivity contribution in [2.45, 2.75) is 0 Å². The van der Waals surface area contributed by atoms with Crippen LogP contribution in [0.25, 0.3) is 0 Å². The lowest BCUT2D eigenvalue weighted by atomic mass is 10.2. The summed E-state index contributed by atoms with van der Waals surface area (Å²) in [5.41, 5.74) is 0.563. The van der Waals surface area contributed by atoms with Gasteiger partial charge in [-0.2, -0.15) is 5.26 Å². The van der Waals surface area contributed by atoms with Crippen LogP contribution in [0.3, 0.4) is 0 Å². The third kappa shape index (κ3) is 4.16. The molecule has 2 aromatic rings. The Hall–Kier alpha value is -2.47. The fraction of sp³-hybridized carbons (Fsp3) is 0. The molecule has 16 heavy (non-hydrogen) atoms.